The van der Waals surface area contributed by atoms with Crippen LogP contribution in [0.25, 0.3) is 0 Å². The number of anilines is 2. The number of hydrogen-bond acceptors (Lipinski definition) is 5. The normalized spacial score (nSPS) is 14.9. The van der Waals surface area contributed by atoms with E-state index in [2.05, 4.69) is 5.32 Å². The summed E-state index contributed by atoms with van der Waals surface area (Å²) < 4.78 is 15.9. The zero-order valence-electron chi connectivity index (χ0n) is 12.9. The molecule has 0 saturated carbocycles. The Labute approximate surface area is 137 Å². The largest absolute Gasteiger partial charge is 0.481 e. The number of rotatable bonds is 2. The molecule has 7 heteroatoms. The van der Waals surface area contributed by atoms with Crippen molar-refractivity contribution in [2.75, 3.05) is 30.7 Å². The molecule has 0 bridgehead atoms. The van der Waals surface area contributed by atoms with Crippen molar-refractivity contribution in [3.8, 4) is 17.2 Å². The SMILES string of the molecule is CN1C(=O)COc2cc(NC(=O)c3ccc4c(c3)OCO4)ccc21. The molecule has 0 unspecified atom stereocenters. The third kappa shape index (κ3) is 2.40. The van der Waals surface area contributed by atoms with Gasteiger partial charge in [0.15, 0.2) is 18.1 Å². The van der Waals surface area contributed by atoms with Crippen LogP contribution in [0.2, 0.25) is 0 Å². The van der Waals surface area contributed by atoms with Crippen LogP contribution >= 0.6 is 0 Å². The van der Waals surface area contributed by atoms with Crippen LogP contribution in [0.15, 0.2) is 36.4 Å². The molecule has 1 N–H and O–H groups in total. The molecule has 2 aliphatic heterocycles. The molecule has 0 aliphatic carbocycles. The van der Waals surface area contributed by atoms with E-state index in [1.54, 1.807) is 43.4 Å². The van der Waals surface area contributed by atoms with Crippen molar-refractivity contribution in [2.45, 2.75) is 0 Å². The highest BCUT2D eigenvalue weighted by Crippen LogP contribution is 2.35. The van der Waals surface area contributed by atoms with E-state index in [1.807, 2.05) is 0 Å². The summed E-state index contributed by atoms with van der Waals surface area (Å²) in [5, 5.41) is 2.81. The van der Waals surface area contributed by atoms with E-state index in [0.29, 0.717) is 34.2 Å². The van der Waals surface area contributed by atoms with Gasteiger partial charge in [0.1, 0.15) is 5.75 Å². The minimum Gasteiger partial charge on any atom is -0.481 e. The third-order valence-corrected chi connectivity index (χ3v) is 3.94. The predicted octanol–water partition coefficient (Wildman–Crippen LogP) is 2.02. The summed E-state index contributed by atoms with van der Waals surface area (Å²) in [5.74, 6) is 1.35. The number of nitrogens with zero attached hydrogens (tertiary/aromatic N) is 1. The molecule has 0 atom stereocenters. The van der Waals surface area contributed by atoms with Crippen LogP contribution in [-0.4, -0.2) is 32.3 Å². The lowest BCUT2D eigenvalue weighted by atomic mass is 10.1. The minimum atomic E-state index is -0.270. The fourth-order valence-corrected chi connectivity index (χ4v) is 2.60. The number of carbonyl (C=O) groups is 2. The molecule has 0 aromatic heterocycles. The Balaban J connectivity index is 1.55. The van der Waals surface area contributed by atoms with Crippen LogP contribution in [0.1, 0.15) is 10.4 Å². The van der Waals surface area contributed by atoms with Gasteiger partial charge in [0.05, 0.1) is 5.69 Å². The Morgan fingerprint density at radius 3 is 2.75 bits per heavy atom. The molecule has 0 radical (unpaired) electrons. The molecule has 122 valence electrons. The van der Waals surface area contributed by atoms with Crippen molar-refractivity contribution in [1.82, 2.24) is 0 Å². The van der Waals surface area contributed by atoms with E-state index in [0.717, 1.165) is 0 Å². The maximum atomic E-state index is 12.4. The summed E-state index contributed by atoms with van der Waals surface area (Å²) in [4.78, 5) is 25.5. The molecule has 0 spiro atoms. The maximum absolute atomic E-state index is 12.4. The first kappa shape index (κ1) is 14.4. The molecule has 2 heterocycles. The average Bonchev–Trinajstić information content (AvgIpc) is 3.06. The van der Waals surface area contributed by atoms with Gasteiger partial charge in [0, 0.05) is 24.4 Å². The molecule has 7 nitrogen and oxygen atoms in total. The van der Waals surface area contributed by atoms with Gasteiger partial charge in [-0.05, 0) is 30.3 Å². The maximum Gasteiger partial charge on any atom is 0.264 e. The van der Waals surface area contributed by atoms with Gasteiger partial charge in [-0.2, -0.15) is 0 Å². The van der Waals surface area contributed by atoms with Crippen molar-refractivity contribution in [3.05, 3.63) is 42.0 Å². The molecule has 2 amide bonds. The van der Waals surface area contributed by atoms with Gasteiger partial charge in [-0.1, -0.05) is 0 Å². The highest BCUT2D eigenvalue weighted by Gasteiger charge is 2.23. The molecule has 2 aromatic rings. The fraction of sp³-hybridized carbons (Fsp3) is 0.176. The number of benzene rings is 2. The smallest absolute Gasteiger partial charge is 0.264 e. The summed E-state index contributed by atoms with van der Waals surface area (Å²) in [6, 6.07) is 10.2. The van der Waals surface area contributed by atoms with Crippen LogP contribution in [-0.2, 0) is 4.79 Å². The second kappa shape index (κ2) is 5.45. The molecular weight excluding hydrogens is 312 g/mol. The van der Waals surface area contributed by atoms with Crippen molar-refractivity contribution >= 4 is 23.2 Å². The van der Waals surface area contributed by atoms with Gasteiger partial charge in [-0.25, -0.2) is 0 Å². The van der Waals surface area contributed by atoms with Crippen molar-refractivity contribution < 1.29 is 23.8 Å². The number of ether oxygens (including phenoxy) is 3. The summed E-state index contributed by atoms with van der Waals surface area (Å²) in [6.07, 6.45) is 0. The zero-order valence-corrected chi connectivity index (χ0v) is 12.9. The Morgan fingerprint density at radius 2 is 1.88 bits per heavy atom. The zero-order chi connectivity index (χ0) is 16.7. The van der Waals surface area contributed by atoms with Crippen LogP contribution in [0.3, 0.4) is 0 Å². The lowest BCUT2D eigenvalue weighted by Crippen LogP contribution is -2.35. The van der Waals surface area contributed by atoms with Crippen molar-refractivity contribution in [3.63, 3.8) is 0 Å². The highest BCUT2D eigenvalue weighted by atomic mass is 16.7. The number of hydrogen-bond donors (Lipinski definition) is 1. The topological polar surface area (TPSA) is 77.1 Å². The highest BCUT2D eigenvalue weighted by molar-refractivity contribution is 6.05. The second-order valence-corrected chi connectivity index (χ2v) is 5.45. The molecule has 2 aromatic carbocycles. The summed E-state index contributed by atoms with van der Waals surface area (Å²) in [6.45, 7) is 0.151. The Morgan fingerprint density at radius 1 is 1.04 bits per heavy atom. The number of likely N-dealkylation sites (N-methyl/N-ethyl adjacent to an activating group) is 1. The van der Waals surface area contributed by atoms with E-state index in [-0.39, 0.29) is 25.2 Å². The predicted molar refractivity (Wildman–Crippen MR) is 85.9 cm³/mol. The van der Waals surface area contributed by atoms with Gasteiger partial charge < -0.3 is 24.4 Å². The quantitative estimate of drug-likeness (QED) is 0.914. The molecule has 0 saturated heterocycles. The standard InChI is InChI=1S/C17H14N2O5/c1-19-12-4-3-11(7-14(12)22-8-16(19)20)18-17(21)10-2-5-13-15(6-10)24-9-23-13/h2-7H,8-9H2,1H3,(H,18,21). The van der Waals surface area contributed by atoms with E-state index in [9.17, 15) is 9.59 Å². The van der Waals surface area contributed by atoms with Gasteiger partial charge in [-0.3, -0.25) is 9.59 Å². The van der Waals surface area contributed by atoms with Crippen molar-refractivity contribution in [1.29, 1.82) is 0 Å². The molecule has 4 rings (SSSR count). The average molecular weight is 326 g/mol. The van der Waals surface area contributed by atoms with E-state index in [4.69, 9.17) is 14.2 Å². The Kier molecular flexibility index (Phi) is 3.26. The number of amides is 2. The fourth-order valence-electron chi connectivity index (χ4n) is 2.60. The summed E-state index contributed by atoms with van der Waals surface area (Å²) in [7, 11) is 1.69. The number of carbonyl (C=O) groups excluding carboxylic acids is 2. The summed E-state index contributed by atoms with van der Waals surface area (Å²) in [5.41, 5.74) is 1.72. The Bertz CT molecular complexity index is 849. The first-order chi connectivity index (χ1) is 11.6. The van der Waals surface area contributed by atoms with Crippen LogP contribution in [0.5, 0.6) is 17.2 Å². The number of fused-ring (bicyclic) bond motifs is 2. The van der Waals surface area contributed by atoms with E-state index in [1.165, 1.54) is 4.90 Å². The first-order valence-electron chi connectivity index (χ1n) is 7.36. The van der Waals surface area contributed by atoms with Crippen LogP contribution < -0.4 is 24.4 Å². The van der Waals surface area contributed by atoms with Gasteiger partial charge in [0.25, 0.3) is 11.8 Å². The molecular formula is C17H14N2O5. The number of nitrogens with one attached hydrogen (secondary N) is 1. The molecule has 0 fully saturated rings. The van der Waals surface area contributed by atoms with Crippen LogP contribution in [0.4, 0.5) is 11.4 Å². The van der Waals surface area contributed by atoms with Crippen LogP contribution in [0, 0.1) is 0 Å². The third-order valence-electron chi connectivity index (χ3n) is 3.94. The minimum absolute atomic E-state index is 0.0109. The van der Waals surface area contributed by atoms with Gasteiger partial charge in [0.2, 0.25) is 6.79 Å². The van der Waals surface area contributed by atoms with E-state index >= 15 is 0 Å². The summed E-state index contributed by atoms with van der Waals surface area (Å²) >= 11 is 0. The lowest BCUT2D eigenvalue weighted by molar-refractivity contribution is -0.120. The van der Waals surface area contributed by atoms with E-state index < -0.39 is 0 Å². The lowest BCUT2D eigenvalue weighted by Gasteiger charge is -2.26. The molecule has 2 aliphatic rings. The first-order valence-corrected chi connectivity index (χ1v) is 7.36. The second-order valence-electron chi connectivity index (χ2n) is 5.45. The Hall–Kier alpha value is -3.22. The molecule has 24 heavy (non-hydrogen) atoms. The van der Waals surface area contributed by atoms with Crippen molar-refractivity contribution in [2.24, 2.45) is 0 Å². The monoisotopic (exact) mass is 326 g/mol. The van der Waals surface area contributed by atoms with Gasteiger partial charge in [-0.15, -0.1) is 0 Å². The van der Waals surface area contributed by atoms with Gasteiger partial charge >= 0.3 is 0 Å².